The number of aromatic amines is 2. The number of carbonyl (C=O) groups excluding carboxylic acids is 1. The minimum atomic E-state index is -0.940. The molecule has 0 aliphatic heterocycles. The molecule has 1 atom stereocenters. The molecular weight excluding hydrogens is 350 g/mol. The van der Waals surface area contributed by atoms with Crippen molar-refractivity contribution in [1.29, 1.82) is 0 Å². The minimum absolute atomic E-state index is 0.232. The molecule has 1 aromatic heterocycles. The van der Waals surface area contributed by atoms with E-state index in [0.29, 0.717) is 0 Å². The number of H-pyrrole nitrogens is 2. The second-order valence-electron chi connectivity index (χ2n) is 4.94. The molecule has 0 radical (unpaired) electrons. The normalized spacial score (nSPS) is 11.9. The first-order chi connectivity index (χ1) is 12.3. The molecule has 2 aromatic rings. The Balaban J connectivity index is 2.00. The number of hydrogen-bond acceptors (Lipinski definition) is 9. The van der Waals surface area contributed by atoms with Gasteiger partial charge < -0.3 is 10.4 Å². The van der Waals surface area contributed by atoms with Gasteiger partial charge in [0.15, 0.2) is 0 Å². The number of anilines is 1. The van der Waals surface area contributed by atoms with Gasteiger partial charge in [-0.2, -0.15) is 5.10 Å². The van der Waals surface area contributed by atoms with Crippen LogP contribution in [-0.4, -0.2) is 38.3 Å². The van der Waals surface area contributed by atoms with Crippen molar-refractivity contribution in [3.63, 3.8) is 0 Å². The number of nitro benzene ring substituents is 1. The maximum absolute atomic E-state index is 11.9. The van der Waals surface area contributed by atoms with Gasteiger partial charge in [0.1, 0.15) is 6.04 Å². The van der Waals surface area contributed by atoms with Crippen molar-refractivity contribution in [3.8, 4) is 5.75 Å². The highest BCUT2D eigenvalue weighted by molar-refractivity contribution is 5.86. The quantitative estimate of drug-likeness (QED) is 0.267. The summed E-state index contributed by atoms with van der Waals surface area (Å²) in [5.41, 5.74) is 0.178. The molecule has 136 valence electrons. The summed E-state index contributed by atoms with van der Waals surface area (Å²) in [4.78, 5) is 46.0. The molecule has 0 saturated heterocycles. The molecule has 26 heavy (non-hydrogen) atoms. The fraction of sp³-hybridized carbons (Fsp3) is 0.154. The van der Waals surface area contributed by atoms with Gasteiger partial charge in [-0.25, -0.2) is 15.3 Å². The lowest BCUT2D eigenvalue weighted by atomic mass is 10.2. The van der Waals surface area contributed by atoms with Crippen LogP contribution in [0.1, 0.15) is 12.5 Å². The van der Waals surface area contributed by atoms with Crippen molar-refractivity contribution in [2.45, 2.75) is 13.0 Å². The van der Waals surface area contributed by atoms with Crippen LogP contribution in [-0.2, 0) is 4.79 Å². The van der Waals surface area contributed by atoms with Gasteiger partial charge in [-0.1, -0.05) is 12.1 Å². The summed E-state index contributed by atoms with van der Waals surface area (Å²) in [7, 11) is 0. The summed E-state index contributed by atoms with van der Waals surface area (Å²) in [6, 6.07) is 2.39. The number of hydrazone groups is 1. The van der Waals surface area contributed by atoms with Crippen molar-refractivity contribution in [2.75, 3.05) is 5.32 Å². The Morgan fingerprint density at radius 3 is 2.81 bits per heavy atom. The van der Waals surface area contributed by atoms with Crippen LogP contribution in [0.4, 0.5) is 11.5 Å². The molecule has 0 saturated carbocycles. The number of amides is 1. The van der Waals surface area contributed by atoms with Gasteiger partial charge in [-0.15, -0.1) is 5.10 Å². The summed E-state index contributed by atoms with van der Waals surface area (Å²) in [6.07, 6.45) is 1.11. The van der Waals surface area contributed by atoms with Crippen LogP contribution < -0.4 is 27.1 Å². The van der Waals surface area contributed by atoms with Gasteiger partial charge in [0.25, 0.3) is 17.2 Å². The summed E-state index contributed by atoms with van der Waals surface area (Å²) in [6.45, 7) is 1.41. The molecule has 4 N–H and O–H groups in total. The first-order valence-electron chi connectivity index (χ1n) is 7.02. The Labute approximate surface area is 143 Å². The van der Waals surface area contributed by atoms with E-state index in [4.69, 9.17) is 0 Å². The van der Waals surface area contributed by atoms with E-state index in [1.807, 2.05) is 10.1 Å². The third kappa shape index (κ3) is 4.50. The highest BCUT2D eigenvalue weighted by Gasteiger charge is 2.14. The summed E-state index contributed by atoms with van der Waals surface area (Å²) >= 11 is 0. The molecule has 1 aromatic carbocycles. The average Bonchev–Trinajstić information content (AvgIpc) is 2.58. The number of nitrogens with one attached hydrogen (secondary N) is 4. The van der Waals surface area contributed by atoms with Crippen LogP contribution in [0, 0.1) is 10.1 Å². The largest absolute Gasteiger partial charge is 0.868 e. The van der Waals surface area contributed by atoms with Gasteiger partial charge in [0.2, 0.25) is 5.82 Å². The Morgan fingerprint density at radius 1 is 1.42 bits per heavy atom. The molecule has 0 spiro atoms. The number of rotatable bonds is 6. The minimum Gasteiger partial charge on any atom is -0.868 e. The van der Waals surface area contributed by atoms with Crippen LogP contribution in [0.2, 0.25) is 0 Å². The fourth-order valence-electron chi connectivity index (χ4n) is 1.74. The molecule has 0 aliphatic carbocycles. The molecule has 0 fully saturated rings. The number of hydrogen-bond donors (Lipinski definition) is 4. The van der Waals surface area contributed by atoms with Crippen molar-refractivity contribution in [3.05, 3.63) is 54.7 Å². The lowest BCUT2D eigenvalue weighted by Gasteiger charge is -2.11. The standard InChI is InChI=1S/C13H13N7O6/c1-6(15-10-12(23)16-13(24)19-17-10)11(22)18-14-5-7-2-3-9(21)8(4-7)20(25)26/h2-6,21H,1H3,(H,15,17)(H,18,22)(H2,16,19,23,24)/p-1/b14-5-/t6-/m1/s1. The second-order valence-corrected chi connectivity index (χ2v) is 4.94. The van der Waals surface area contributed by atoms with Gasteiger partial charge in [0.05, 0.1) is 11.1 Å². The lowest BCUT2D eigenvalue weighted by molar-refractivity contribution is -0.398. The molecule has 0 bridgehead atoms. The van der Waals surface area contributed by atoms with E-state index < -0.39 is 39.6 Å². The van der Waals surface area contributed by atoms with Crippen LogP contribution in [0.3, 0.4) is 0 Å². The molecular formula is C13H12N7O6-. The molecule has 13 nitrogen and oxygen atoms in total. The third-order valence-corrected chi connectivity index (χ3v) is 3.03. The van der Waals surface area contributed by atoms with Crippen molar-refractivity contribution >= 4 is 23.6 Å². The van der Waals surface area contributed by atoms with E-state index in [1.165, 1.54) is 13.0 Å². The second kappa shape index (κ2) is 7.69. The third-order valence-electron chi connectivity index (χ3n) is 3.03. The predicted octanol–water partition coefficient (Wildman–Crippen LogP) is -1.61. The number of nitro groups is 1. The number of benzene rings is 1. The van der Waals surface area contributed by atoms with Crippen LogP contribution in [0.5, 0.6) is 5.75 Å². The zero-order chi connectivity index (χ0) is 19.3. The first kappa shape index (κ1) is 18.3. The van der Waals surface area contributed by atoms with E-state index >= 15 is 0 Å². The Morgan fingerprint density at radius 2 is 2.15 bits per heavy atom. The van der Waals surface area contributed by atoms with E-state index in [2.05, 4.69) is 20.9 Å². The van der Waals surface area contributed by atoms with Crippen LogP contribution in [0.15, 0.2) is 32.9 Å². The highest BCUT2D eigenvalue weighted by Crippen LogP contribution is 2.22. The molecule has 13 heteroatoms. The van der Waals surface area contributed by atoms with E-state index in [9.17, 15) is 29.6 Å². The van der Waals surface area contributed by atoms with E-state index in [1.54, 1.807) is 0 Å². The number of carbonyl (C=O) groups is 1. The number of aromatic nitrogens is 3. The van der Waals surface area contributed by atoms with Crippen molar-refractivity contribution in [1.82, 2.24) is 20.6 Å². The summed E-state index contributed by atoms with van der Waals surface area (Å²) in [5, 5.41) is 33.5. The van der Waals surface area contributed by atoms with E-state index in [0.717, 1.165) is 18.3 Å². The topological polar surface area (TPSA) is 198 Å². The lowest BCUT2D eigenvalue weighted by Crippen LogP contribution is -2.38. The fourth-order valence-corrected chi connectivity index (χ4v) is 1.74. The molecule has 1 heterocycles. The van der Waals surface area contributed by atoms with Gasteiger partial charge in [-0.05, 0) is 12.7 Å². The van der Waals surface area contributed by atoms with Crippen LogP contribution >= 0.6 is 0 Å². The van der Waals surface area contributed by atoms with E-state index in [-0.39, 0.29) is 11.4 Å². The Hall–Kier alpha value is -4.03. The maximum atomic E-state index is 11.9. The van der Waals surface area contributed by atoms with Crippen molar-refractivity contribution < 1.29 is 14.8 Å². The molecule has 0 aliphatic rings. The summed E-state index contributed by atoms with van der Waals surface area (Å²) in [5.74, 6) is -1.66. The Kier molecular flexibility index (Phi) is 5.42. The first-order valence-corrected chi connectivity index (χ1v) is 7.02. The zero-order valence-electron chi connectivity index (χ0n) is 13.2. The maximum Gasteiger partial charge on any atom is 0.342 e. The Bertz CT molecular complexity index is 979. The average molecular weight is 362 g/mol. The number of nitrogens with zero attached hydrogens (tertiary/aromatic N) is 3. The molecule has 0 unspecified atom stereocenters. The van der Waals surface area contributed by atoms with Crippen LogP contribution in [0.25, 0.3) is 0 Å². The predicted molar refractivity (Wildman–Crippen MR) is 86.8 cm³/mol. The van der Waals surface area contributed by atoms with Gasteiger partial charge >= 0.3 is 5.69 Å². The van der Waals surface area contributed by atoms with Gasteiger partial charge in [-0.3, -0.25) is 24.7 Å². The monoisotopic (exact) mass is 362 g/mol. The van der Waals surface area contributed by atoms with Gasteiger partial charge in [0, 0.05) is 11.6 Å². The molecule has 1 amide bonds. The summed E-state index contributed by atoms with van der Waals surface area (Å²) < 4.78 is 0. The molecule has 2 rings (SSSR count). The highest BCUT2D eigenvalue weighted by atomic mass is 16.6. The van der Waals surface area contributed by atoms with Crippen molar-refractivity contribution in [2.24, 2.45) is 5.10 Å². The smallest absolute Gasteiger partial charge is 0.342 e. The zero-order valence-corrected chi connectivity index (χ0v) is 13.2. The SMILES string of the molecule is C[C@@H](Nc1n[nH]c(=O)[nH]c1=O)C(=O)N/N=C\c1ccc([O-])c([N+](=O)[O-])c1.